The lowest BCUT2D eigenvalue weighted by atomic mass is 10.00. The summed E-state index contributed by atoms with van der Waals surface area (Å²) in [5, 5.41) is 12.9. The van der Waals surface area contributed by atoms with E-state index in [0.29, 0.717) is 29.5 Å². The summed E-state index contributed by atoms with van der Waals surface area (Å²) < 4.78 is 7.94. The van der Waals surface area contributed by atoms with Crippen molar-refractivity contribution in [2.45, 2.75) is 38.6 Å². The lowest BCUT2D eigenvalue weighted by molar-refractivity contribution is -0.0197. The summed E-state index contributed by atoms with van der Waals surface area (Å²) in [5.41, 5.74) is 12.0. The molecule has 8 heteroatoms. The molecule has 2 atom stereocenters. The highest BCUT2D eigenvalue weighted by atomic mass is 16.5. The predicted octanol–water partition coefficient (Wildman–Crippen LogP) is 3.67. The van der Waals surface area contributed by atoms with Crippen LogP contribution in [-0.2, 0) is 11.3 Å². The van der Waals surface area contributed by atoms with Crippen molar-refractivity contribution in [3.8, 4) is 11.1 Å². The molecule has 4 N–H and O–H groups in total. The zero-order valence-electron chi connectivity index (χ0n) is 17.9. The van der Waals surface area contributed by atoms with E-state index >= 15 is 0 Å². The van der Waals surface area contributed by atoms with Gasteiger partial charge in [-0.05, 0) is 42.0 Å². The minimum absolute atomic E-state index is 0.00400. The van der Waals surface area contributed by atoms with Crippen molar-refractivity contribution in [1.29, 1.82) is 0 Å². The van der Waals surface area contributed by atoms with Crippen LogP contribution in [0.5, 0.6) is 0 Å². The molecule has 8 nitrogen and oxygen atoms in total. The van der Waals surface area contributed by atoms with Crippen molar-refractivity contribution >= 4 is 22.9 Å². The zero-order valence-corrected chi connectivity index (χ0v) is 17.9. The Morgan fingerprint density at radius 2 is 1.97 bits per heavy atom. The molecule has 0 radical (unpaired) electrons. The van der Waals surface area contributed by atoms with Gasteiger partial charge in [0.15, 0.2) is 17.0 Å². The first kappa shape index (κ1) is 20.4. The molecule has 0 aliphatic carbocycles. The molecule has 0 amide bonds. The Morgan fingerprint density at radius 3 is 2.72 bits per heavy atom. The van der Waals surface area contributed by atoms with Crippen LogP contribution in [-0.4, -0.2) is 37.3 Å². The number of rotatable bonds is 6. The van der Waals surface area contributed by atoms with E-state index in [1.165, 1.54) is 28.6 Å². The fourth-order valence-corrected chi connectivity index (χ4v) is 4.21. The standard InChI is InChI=1S/C24H26N6O2/c1-15-11-17(16-5-3-2-4-6-16)7-8-18(15)12-26-24-29-21-22(25)27-14-28-23(21)30(24)20-10-9-19(13-31)32-20/h2-8,11,14,19-20,31H,9-10,12-13H2,1H3,(H,26,29)(H2,25,27,28)/t19-,20+/m0/s1. The molecular formula is C24H26N6O2. The lowest BCUT2D eigenvalue weighted by Crippen LogP contribution is -2.17. The highest BCUT2D eigenvalue weighted by molar-refractivity contribution is 5.84. The molecule has 1 saturated heterocycles. The first-order valence-electron chi connectivity index (χ1n) is 10.8. The van der Waals surface area contributed by atoms with Crippen LogP contribution in [0, 0.1) is 6.92 Å². The van der Waals surface area contributed by atoms with Gasteiger partial charge in [0.1, 0.15) is 12.6 Å². The Balaban J connectivity index is 1.43. The highest BCUT2D eigenvalue weighted by Crippen LogP contribution is 2.34. The number of nitrogens with two attached hydrogens (primary N) is 1. The number of benzene rings is 2. The number of nitrogen functional groups attached to an aromatic ring is 1. The van der Waals surface area contributed by atoms with Gasteiger partial charge >= 0.3 is 0 Å². The van der Waals surface area contributed by atoms with Gasteiger partial charge in [-0.15, -0.1) is 0 Å². The maximum Gasteiger partial charge on any atom is 0.207 e. The van der Waals surface area contributed by atoms with E-state index in [0.717, 1.165) is 12.8 Å². The topological polar surface area (TPSA) is 111 Å². The summed E-state index contributed by atoms with van der Waals surface area (Å²) in [6.45, 7) is 2.70. The van der Waals surface area contributed by atoms with Crippen LogP contribution in [0.25, 0.3) is 22.3 Å². The number of hydrogen-bond donors (Lipinski definition) is 3. The van der Waals surface area contributed by atoms with Gasteiger partial charge in [0.25, 0.3) is 0 Å². The van der Waals surface area contributed by atoms with Crippen molar-refractivity contribution in [3.63, 3.8) is 0 Å². The number of ether oxygens (including phenoxy) is 1. The Morgan fingerprint density at radius 1 is 1.12 bits per heavy atom. The van der Waals surface area contributed by atoms with Crippen LogP contribution in [0.2, 0.25) is 0 Å². The van der Waals surface area contributed by atoms with Crippen molar-refractivity contribution in [1.82, 2.24) is 19.5 Å². The van der Waals surface area contributed by atoms with Gasteiger partial charge in [-0.2, -0.15) is 0 Å². The van der Waals surface area contributed by atoms with E-state index < -0.39 is 0 Å². The molecular weight excluding hydrogens is 404 g/mol. The maximum absolute atomic E-state index is 9.48. The number of aliphatic hydroxyl groups is 1. The summed E-state index contributed by atoms with van der Waals surface area (Å²) in [6, 6.07) is 16.8. The van der Waals surface area contributed by atoms with E-state index in [2.05, 4.69) is 57.5 Å². The second-order valence-corrected chi connectivity index (χ2v) is 8.07. The smallest absolute Gasteiger partial charge is 0.207 e. The van der Waals surface area contributed by atoms with Gasteiger partial charge in [-0.25, -0.2) is 15.0 Å². The quantitative estimate of drug-likeness (QED) is 0.428. The molecule has 0 spiro atoms. The fraction of sp³-hybridized carbons (Fsp3) is 0.292. The molecule has 0 saturated carbocycles. The third kappa shape index (κ3) is 3.79. The molecule has 2 aromatic carbocycles. The lowest BCUT2D eigenvalue weighted by Gasteiger charge is -2.18. The van der Waals surface area contributed by atoms with Crippen LogP contribution in [0.1, 0.15) is 30.2 Å². The van der Waals surface area contributed by atoms with Crippen molar-refractivity contribution < 1.29 is 9.84 Å². The fourth-order valence-electron chi connectivity index (χ4n) is 4.21. The Labute approximate surface area is 186 Å². The third-order valence-corrected chi connectivity index (χ3v) is 5.97. The normalized spacial score (nSPS) is 18.3. The molecule has 1 aliphatic heterocycles. The second-order valence-electron chi connectivity index (χ2n) is 8.07. The molecule has 1 aliphatic rings. The van der Waals surface area contributed by atoms with Crippen molar-refractivity contribution in [3.05, 3.63) is 66.0 Å². The number of nitrogens with zero attached hydrogens (tertiary/aromatic N) is 4. The first-order valence-corrected chi connectivity index (χ1v) is 10.8. The molecule has 5 rings (SSSR count). The number of nitrogens with one attached hydrogen (secondary N) is 1. The molecule has 2 aromatic heterocycles. The Kier molecular flexibility index (Phi) is 5.46. The number of fused-ring (bicyclic) bond motifs is 1. The molecule has 32 heavy (non-hydrogen) atoms. The molecule has 164 valence electrons. The van der Waals surface area contributed by atoms with Gasteiger partial charge in [0, 0.05) is 6.54 Å². The monoisotopic (exact) mass is 430 g/mol. The number of aryl methyl sites for hydroxylation is 1. The van der Waals surface area contributed by atoms with E-state index in [1.54, 1.807) is 0 Å². The van der Waals surface area contributed by atoms with E-state index in [9.17, 15) is 5.11 Å². The van der Waals surface area contributed by atoms with Crippen LogP contribution in [0.15, 0.2) is 54.9 Å². The summed E-state index contributed by atoms with van der Waals surface area (Å²) >= 11 is 0. The average Bonchev–Trinajstić information content (AvgIpc) is 3.43. The van der Waals surface area contributed by atoms with Crippen molar-refractivity contribution in [2.24, 2.45) is 0 Å². The van der Waals surface area contributed by atoms with Gasteiger partial charge in [-0.1, -0.05) is 48.5 Å². The van der Waals surface area contributed by atoms with Gasteiger partial charge in [0.2, 0.25) is 5.95 Å². The van der Waals surface area contributed by atoms with Crippen molar-refractivity contribution in [2.75, 3.05) is 17.7 Å². The summed E-state index contributed by atoms with van der Waals surface area (Å²) in [5.74, 6) is 0.958. The molecule has 0 unspecified atom stereocenters. The minimum Gasteiger partial charge on any atom is -0.394 e. The Bertz CT molecular complexity index is 1240. The number of aliphatic hydroxyl groups excluding tert-OH is 1. The number of aromatic nitrogens is 4. The van der Waals surface area contributed by atoms with E-state index in [-0.39, 0.29) is 18.9 Å². The van der Waals surface area contributed by atoms with Gasteiger partial charge < -0.3 is 20.9 Å². The number of imidazole rings is 1. The largest absolute Gasteiger partial charge is 0.394 e. The highest BCUT2D eigenvalue weighted by Gasteiger charge is 2.30. The molecule has 1 fully saturated rings. The molecule has 3 heterocycles. The van der Waals surface area contributed by atoms with Crippen LogP contribution in [0.3, 0.4) is 0 Å². The average molecular weight is 431 g/mol. The molecule has 4 aromatic rings. The maximum atomic E-state index is 9.48. The van der Waals surface area contributed by atoms with E-state index in [1.807, 2.05) is 22.8 Å². The Hall–Kier alpha value is -3.49. The van der Waals surface area contributed by atoms with Crippen LogP contribution < -0.4 is 11.1 Å². The number of hydrogen-bond acceptors (Lipinski definition) is 7. The predicted molar refractivity (Wildman–Crippen MR) is 124 cm³/mol. The minimum atomic E-state index is -0.268. The zero-order chi connectivity index (χ0) is 22.1. The molecule has 0 bridgehead atoms. The summed E-state index contributed by atoms with van der Waals surface area (Å²) in [6.07, 6.45) is 2.53. The second kappa shape index (κ2) is 8.57. The summed E-state index contributed by atoms with van der Waals surface area (Å²) in [4.78, 5) is 13.2. The van der Waals surface area contributed by atoms with Crippen LogP contribution in [0.4, 0.5) is 11.8 Å². The number of anilines is 2. The SMILES string of the molecule is Cc1cc(-c2ccccc2)ccc1CNc1nc2c(N)ncnc2n1[C@H]1CC[C@@H](CO)O1. The van der Waals surface area contributed by atoms with Crippen LogP contribution >= 0.6 is 0 Å². The third-order valence-electron chi connectivity index (χ3n) is 5.97. The van der Waals surface area contributed by atoms with Gasteiger partial charge in [0.05, 0.1) is 12.7 Å². The van der Waals surface area contributed by atoms with E-state index in [4.69, 9.17) is 10.5 Å². The summed E-state index contributed by atoms with van der Waals surface area (Å²) in [7, 11) is 0. The first-order chi connectivity index (χ1) is 15.6. The van der Waals surface area contributed by atoms with Gasteiger partial charge in [-0.3, -0.25) is 4.57 Å².